The first-order valence-electron chi connectivity index (χ1n) is 3.85. The highest BCUT2D eigenvalue weighted by molar-refractivity contribution is 14.1. The third-order valence-electron chi connectivity index (χ3n) is 2.06. The van der Waals surface area contributed by atoms with Crippen LogP contribution in [0.3, 0.4) is 0 Å². The van der Waals surface area contributed by atoms with Gasteiger partial charge in [0.05, 0.1) is 0 Å². The Morgan fingerprint density at radius 3 is 2.18 bits per heavy atom. The second-order valence-electron chi connectivity index (χ2n) is 2.97. The van der Waals surface area contributed by atoms with E-state index in [-0.39, 0.29) is 5.92 Å². The summed E-state index contributed by atoms with van der Waals surface area (Å²) in [5, 5.41) is 0. The van der Waals surface area contributed by atoms with Crippen molar-refractivity contribution in [2.45, 2.75) is 29.6 Å². The second kappa shape index (κ2) is 4.38. The number of hydrogen-bond donors (Lipinski definition) is 0. The molecule has 1 rings (SSSR count). The molecule has 64 valence electrons. The molecular formula is C8H11F2I. The predicted octanol–water partition coefficient (Wildman–Crippen LogP) is 3.76. The molecule has 3 heteroatoms. The lowest BCUT2D eigenvalue weighted by Crippen LogP contribution is -2.11. The van der Waals surface area contributed by atoms with Crippen LogP contribution in [0.4, 0.5) is 8.78 Å². The van der Waals surface area contributed by atoms with Crippen LogP contribution in [0.2, 0.25) is 0 Å². The van der Waals surface area contributed by atoms with E-state index in [4.69, 9.17) is 0 Å². The fourth-order valence-corrected chi connectivity index (χ4v) is 2.14. The molecule has 0 bridgehead atoms. The van der Waals surface area contributed by atoms with Crippen LogP contribution in [0.1, 0.15) is 25.7 Å². The highest BCUT2D eigenvalue weighted by atomic mass is 127. The van der Waals surface area contributed by atoms with Crippen molar-refractivity contribution in [3.05, 3.63) is 12.2 Å². The Morgan fingerprint density at radius 2 is 1.73 bits per heavy atom. The van der Waals surface area contributed by atoms with Gasteiger partial charge in [-0.25, -0.2) is 0 Å². The van der Waals surface area contributed by atoms with E-state index in [1.165, 1.54) is 0 Å². The zero-order chi connectivity index (χ0) is 8.27. The summed E-state index contributed by atoms with van der Waals surface area (Å²) >= 11 is 2.39. The monoisotopic (exact) mass is 272 g/mol. The van der Waals surface area contributed by atoms with Gasteiger partial charge in [0.2, 0.25) is 0 Å². The minimum atomic E-state index is -1.51. The molecule has 1 saturated carbocycles. The molecule has 0 aromatic carbocycles. The smallest absolute Gasteiger partial charge is 0.174 e. The first-order chi connectivity index (χ1) is 5.18. The van der Waals surface area contributed by atoms with E-state index in [2.05, 4.69) is 22.6 Å². The Labute approximate surface area is 79.2 Å². The zero-order valence-electron chi connectivity index (χ0n) is 6.19. The first-order valence-corrected chi connectivity index (χ1v) is 5.10. The maximum absolute atomic E-state index is 11.8. The summed E-state index contributed by atoms with van der Waals surface area (Å²) in [5.41, 5.74) is 0. The molecule has 0 radical (unpaired) electrons. The van der Waals surface area contributed by atoms with Crippen molar-refractivity contribution in [2.75, 3.05) is 0 Å². The molecule has 0 saturated heterocycles. The van der Waals surface area contributed by atoms with Crippen molar-refractivity contribution in [2.24, 2.45) is 5.92 Å². The van der Waals surface area contributed by atoms with Gasteiger partial charge < -0.3 is 0 Å². The van der Waals surface area contributed by atoms with Crippen molar-refractivity contribution in [3.63, 3.8) is 0 Å². The normalized spacial score (nSPS) is 31.5. The maximum Gasteiger partial charge on any atom is 0.266 e. The average molecular weight is 272 g/mol. The van der Waals surface area contributed by atoms with Crippen molar-refractivity contribution in [1.29, 1.82) is 0 Å². The molecule has 0 unspecified atom stereocenters. The molecule has 1 aliphatic rings. The molecule has 0 amide bonds. The molecule has 0 spiro atoms. The summed E-state index contributed by atoms with van der Waals surface area (Å²) in [4.78, 5) is 0. The van der Waals surface area contributed by atoms with E-state index in [1.54, 1.807) is 0 Å². The van der Waals surface area contributed by atoms with Gasteiger partial charge in [-0.1, -0.05) is 22.6 Å². The number of allylic oxidation sites excluding steroid dienone is 1. The van der Waals surface area contributed by atoms with Crippen LogP contribution in [-0.2, 0) is 0 Å². The van der Waals surface area contributed by atoms with Gasteiger partial charge in [-0.2, -0.15) is 8.78 Å². The molecule has 1 fully saturated rings. The van der Waals surface area contributed by atoms with Gasteiger partial charge in [0.15, 0.2) is 0 Å². The van der Waals surface area contributed by atoms with E-state index in [0.29, 0.717) is 3.92 Å². The third-order valence-corrected chi connectivity index (χ3v) is 3.31. The predicted molar refractivity (Wildman–Crippen MR) is 50.1 cm³/mol. The molecule has 0 heterocycles. The fraction of sp³-hybridized carbons (Fsp3) is 0.750. The Kier molecular flexibility index (Phi) is 3.75. The minimum Gasteiger partial charge on any atom is -0.174 e. The van der Waals surface area contributed by atoms with Crippen molar-refractivity contribution in [3.8, 4) is 0 Å². The lowest BCUT2D eigenvalue weighted by Gasteiger charge is -2.21. The molecule has 0 N–H and O–H groups in total. The van der Waals surface area contributed by atoms with Crippen LogP contribution < -0.4 is 0 Å². The summed E-state index contributed by atoms with van der Waals surface area (Å²) in [7, 11) is 0. The molecular weight excluding hydrogens is 261 g/mol. The SMILES string of the molecule is FC(F)=CC1CCC(I)CC1. The highest BCUT2D eigenvalue weighted by Gasteiger charge is 2.17. The molecule has 0 aromatic rings. The van der Waals surface area contributed by atoms with E-state index in [1.807, 2.05) is 0 Å². The van der Waals surface area contributed by atoms with E-state index >= 15 is 0 Å². The Bertz CT molecular complexity index is 144. The Morgan fingerprint density at radius 1 is 1.18 bits per heavy atom. The van der Waals surface area contributed by atoms with Crippen LogP contribution in [0.5, 0.6) is 0 Å². The van der Waals surface area contributed by atoms with Crippen molar-refractivity contribution >= 4 is 22.6 Å². The summed E-state index contributed by atoms with van der Waals surface area (Å²) in [6.07, 6.45) is 3.66. The highest BCUT2D eigenvalue weighted by Crippen LogP contribution is 2.30. The van der Waals surface area contributed by atoms with E-state index in [0.717, 1.165) is 31.8 Å². The van der Waals surface area contributed by atoms with Crippen LogP contribution in [0.25, 0.3) is 0 Å². The maximum atomic E-state index is 11.8. The topological polar surface area (TPSA) is 0 Å². The molecule has 0 nitrogen and oxygen atoms in total. The quantitative estimate of drug-likeness (QED) is 0.503. The van der Waals surface area contributed by atoms with E-state index < -0.39 is 6.08 Å². The van der Waals surface area contributed by atoms with Crippen LogP contribution in [-0.4, -0.2) is 3.92 Å². The number of hydrogen-bond acceptors (Lipinski definition) is 0. The van der Waals surface area contributed by atoms with Gasteiger partial charge in [0.25, 0.3) is 6.08 Å². The largest absolute Gasteiger partial charge is 0.266 e. The van der Waals surface area contributed by atoms with Crippen LogP contribution in [0, 0.1) is 5.92 Å². The molecule has 1 aliphatic carbocycles. The van der Waals surface area contributed by atoms with Gasteiger partial charge >= 0.3 is 0 Å². The lowest BCUT2D eigenvalue weighted by molar-refractivity contribution is 0.380. The lowest BCUT2D eigenvalue weighted by atomic mass is 9.89. The molecule has 0 atom stereocenters. The van der Waals surface area contributed by atoms with Gasteiger partial charge in [-0.3, -0.25) is 0 Å². The number of rotatable bonds is 1. The summed E-state index contributed by atoms with van der Waals surface area (Å²) < 4.78 is 24.3. The summed E-state index contributed by atoms with van der Waals surface area (Å²) in [5.74, 6) is 0.144. The fourth-order valence-electron chi connectivity index (χ4n) is 1.42. The average Bonchev–Trinajstić information content (AvgIpc) is 1.93. The molecule has 0 aromatic heterocycles. The van der Waals surface area contributed by atoms with Crippen molar-refractivity contribution < 1.29 is 8.78 Å². The van der Waals surface area contributed by atoms with Crippen LogP contribution in [0.15, 0.2) is 12.2 Å². The third kappa shape index (κ3) is 3.49. The van der Waals surface area contributed by atoms with Crippen LogP contribution >= 0.6 is 22.6 Å². The van der Waals surface area contributed by atoms with Gasteiger partial charge in [0, 0.05) is 3.92 Å². The number of halogens is 3. The summed E-state index contributed by atoms with van der Waals surface area (Å²) in [6.45, 7) is 0. The standard InChI is InChI=1S/C8H11F2I/c9-8(10)5-6-1-3-7(11)4-2-6/h5-7H,1-4H2. The summed E-state index contributed by atoms with van der Waals surface area (Å²) in [6, 6.07) is 0. The van der Waals surface area contributed by atoms with Gasteiger partial charge in [-0.05, 0) is 37.7 Å². The first kappa shape index (κ1) is 9.42. The Hall–Kier alpha value is 0.330. The van der Waals surface area contributed by atoms with Crippen molar-refractivity contribution in [1.82, 2.24) is 0 Å². The Balaban J connectivity index is 2.34. The zero-order valence-corrected chi connectivity index (χ0v) is 8.35. The molecule has 0 aliphatic heterocycles. The van der Waals surface area contributed by atoms with Gasteiger partial charge in [-0.15, -0.1) is 0 Å². The minimum absolute atomic E-state index is 0.144. The van der Waals surface area contributed by atoms with Gasteiger partial charge in [0.1, 0.15) is 0 Å². The van der Waals surface area contributed by atoms with E-state index in [9.17, 15) is 8.78 Å². The molecule has 11 heavy (non-hydrogen) atoms. The second-order valence-corrected chi connectivity index (χ2v) is 4.73. The number of alkyl halides is 1.